The third kappa shape index (κ3) is 6.43. The summed E-state index contributed by atoms with van der Waals surface area (Å²) in [5.41, 5.74) is 4.81. The van der Waals surface area contributed by atoms with Gasteiger partial charge in [-0.05, 0) is 35.9 Å². The van der Waals surface area contributed by atoms with E-state index in [1.807, 2.05) is 59.5 Å². The molecule has 1 N–H and O–H groups in total. The number of piperazine rings is 1. The molecule has 202 valence electrons. The minimum absolute atomic E-state index is 0.0834. The van der Waals surface area contributed by atoms with Gasteiger partial charge < -0.3 is 24.6 Å². The third-order valence-electron chi connectivity index (χ3n) is 6.73. The summed E-state index contributed by atoms with van der Waals surface area (Å²) in [6, 6.07) is 22.0. The first-order valence-electron chi connectivity index (χ1n) is 12.8. The Balaban J connectivity index is 1.42. The van der Waals surface area contributed by atoms with Crippen LogP contribution in [0.2, 0.25) is 0 Å². The largest absolute Gasteiger partial charge is 0.493 e. The number of nitrogens with zero attached hydrogens (tertiary/aromatic N) is 3. The zero-order chi connectivity index (χ0) is 27.2. The van der Waals surface area contributed by atoms with Gasteiger partial charge in [0.25, 0.3) is 5.91 Å². The maximum absolute atomic E-state index is 12.9. The number of carbonyl (C=O) groups is 1. The van der Waals surface area contributed by atoms with Gasteiger partial charge in [0, 0.05) is 65.8 Å². The molecule has 2 heterocycles. The highest BCUT2D eigenvalue weighted by molar-refractivity contribution is 9.10. The van der Waals surface area contributed by atoms with Crippen molar-refractivity contribution in [3.05, 3.63) is 93.3 Å². The second kappa shape index (κ2) is 12.6. The summed E-state index contributed by atoms with van der Waals surface area (Å²) in [5.74, 6) is 1.49. The Morgan fingerprint density at radius 1 is 1.00 bits per heavy atom. The van der Waals surface area contributed by atoms with Crippen LogP contribution in [0.25, 0.3) is 11.3 Å². The van der Waals surface area contributed by atoms with E-state index in [-0.39, 0.29) is 5.91 Å². The molecule has 0 aliphatic carbocycles. The number of aromatic nitrogens is 1. The van der Waals surface area contributed by atoms with E-state index >= 15 is 0 Å². The van der Waals surface area contributed by atoms with Crippen LogP contribution in [0.15, 0.2) is 76.6 Å². The average molecular weight is 608 g/mol. The Bertz CT molecular complexity index is 1400. The molecule has 1 amide bonds. The maximum atomic E-state index is 12.9. The fourth-order valence-electron chi connectivity index (χ4n) is 4.66. The Morgan fingerprint density at radius 2 is 1.74 bits per heavy atom. The van der Waals surface area contributed by atoms with Crippen molar-refractivity contribution >= 4 is 38.3 Å². The van der Waals surface area contributed by atoms with Crippen molar-refractivity contribution in [3.63, 3.8) is 0 Å². The number of amides is 1. The molecule has 1 saturated heterocycles. The normalized spacial score (nSPS) is 13.3. The molecule has 0 atom stereocenters. The number of methoxy groups -OCH3 is 2. The molecule has 0 spiro atoms. The van der Waals surface area contributed by atoms with Gasteiger partial charge in [-0.2, -0.15) is 0 Å². The van der Waals surface area contributed by atoms with E-state index < -0.39 is 0 Å². The summed E-state index contributed by atoms with van der Waals surface area (Å²) in [6.45, 7) is 4.35. The highest BCUT2D eigenvalue weighted by atomic mass is 79.9. The van der Waals surface area contributed by atoms with Gasteiger partial charge in [-0.3, -0.25) is 4.79 Å². The van der Waals surface area contributed by atoms with Gasteiger partial charge in [0.15, 0.2) is 16.6 Å². The first kappa shape index (κ1) is 27.2. The van der Waals surface area contributed by atoms with Crippen LogP contribution in [0, 0.1) is 0 Å². The molecular formula is C30H31BrN4O3S. The fourth-order valence-corrected chi connectivity index (χ4v) is 5.76. The molecule has 1 aliphatic heterocycles. The summed E-state index contributed by atoms with van der Waals surface area (Å²) in [6.07, 6.45) is 0. The quantitative estimate of drug-likeness (QED) is 0.258. The lowest BCUT2D eigenvalue weighted by atomic mass is 10.1. The van der Waals surface area contributed by atoms with E-state index in [2.05, 4.69) is 43.7 Å². The highest BCUT2D eigenvalue weighted by Crippen LogP contribution is 2.35. The summed E-state index contributed by atoms with van der Waals surface area (Å²) in [4.78, 5) is 22.1. The number of benzene rings is 3. The number of para-hydroxylation sites is 1. The van der Waals surface area contributed by atoms with Gasteiger partial charge in [-0.1, -0.05) is 52.3 Å². The van der Waals surface area contributed by atoms with Crippen LogP contribution < -0.4 is 19.7 Å². The number of thiazole rings is 1. The number of rotatable bonds is 9. The first-order chi connectivity index (χ1) is 19.1. The van der Waals surface area contributed by atoms with Crippen LogP contribution >= 0.6 is 27.3 Å². The number of halogens is 1. The van der Waals surface area contributed by atoms with E-state index in [0.29, 0.717) is 30.2 Å². The third-order valence-corrected chi connectivity index (χ3v) is 8.16. The van der Waals surface area contributed by atoms with Crippen molar-refractivity contribution < 1.29 is 14.3 Å². The van der Waals surface area contributed by atoms with Crippen LogP contribution in [0.5, 0.6) is 11.5 Å². The second-order valence-electron chi connectivity index (χ2n) is 9.27. The molecule has 0 bridgehead atoms. The van der Waals surface area contributed by atoms with Gasteiger partial charge in [0.1, 0.15) is 0 Å². The van der Waals surface area contributed by atoms with Crippen LogP contribution in [0.3, 0.4) is 0 Å². The molecule has 39 heavy (non-hydrogen) atoms. The summed E-state index contributed by atoms with van der Waals surface area (Å²) in [5, 5.41) is 6.28. The van der Waals surface area contributed by atoms with E-state index in [1.54, 1.807) is 25.6 Å². The zero-order valence-corrected chi connectivity index (χ0v) is 24.4. The monoisotopic (exact) mass is 606 g/mol. The van der Waals surface area contributed by atoms with E-state index in [1.165, 1.54) is 0 Å². The molecule has 7 nitrogen and oxygen atoms in total. The molecule has 4 aromatic rings. The van der Waals surface area contributed by atoms with Crippen LogP contribution in [-0.2, 0) is 13.1 Å². The molecule has 0 unspecified atom stereocenters. The van der Waals surface area contributed by atoms with Gasteiger partial charge in [0.2, 0.25) is 0 Å². The summed E-state index contributed by atoms with van der Waals surface area (Å²) < 4.78 is 12.3. The minimum atomic E-state index is 0.0834. The van der Waals surface area contributed by atoms with Crippen LogP contribution in [0.1, 0.15) is 21.5 Å². The highest BCUT2D eigenvalue weighted by Gasteiger charge is 2.20. The SMILES string of the molecule is COc1cccc(CN(Cc2ccc(C(=O)N3CCNCC3)cc2)c2nc(-c3ccc(Br)cc3)cs2)c1OC. The molecular weight excluding hydrogens is 576 g/mol. The lowest BCUT2D eigenvalue weighted by Gasteiger charge is -2.27. The fraction of sp³-hybridized carbons (Fsp3) is 0.267. The topological polar surface area (TPSA) is 66.9 Å². The molecule has 3 aromatic carbocycles. The number of hydrogen-bond acceptors (Lipinski definition) is 7. The molecule has 1 aromatic heterocycles. The Labute approximate surface area is 241 Å². The van der Waals surface area contributed by atoms with E-state index in [0.717, 1.165) is 58.2 Å². The Kier molecular flexibility index (Phi) is 8.81. The standard InChI is InChI=1S/C30H31BrN4O3S/c1-37-27-5-3-4-24(28(27)38-2)19-35(30-33-26(20-39-30)22-10-12-25(31)13-11-22)18-21-6-8-23(9-7-21)29(36)34-16-14-32-15-17-34/h3-13,20,32H,14-19H2,1-2H3. The minimum Gasteiger partial charge on any atom is -0.493 e. The molecule has 9 heteroatoms. The summed E-state index contributed by atoms with van der Waals surface area (Å²) >= 11 is 5.12. The molecule has 1 fully saturated rings. The number of hydrogen-bond donors (Lipinski definition) is 1. The molecule has 1 aliphatic rings. The van der Waals surface area contributed by atoms with Crippen molar-refractivity contribution in [2.24, 2.45) is 0 Å². The lowest BCUT2D eigenvalue weighted by Crippen LogP contribution is -2.46. The lowest BCUT2D eigenvalue weighted by molar-refractivity contribution is 0.0736. The second-order valence-corrected chi connectivity index (χ2v) is 11.0. The summed E-state index contributed by atoms with van der Waals surface area (Å²) in [7, 11) is 3.31. The van der Waals surface area contributed by atoms with Crippen molar-refractivity contribution in [1.29, 1.82) is 0 Å². The number of carbonyl (C=O) groups excluding carboxylic acids is 1. The van der Waals surface area contributed by atoms with Crippen molar-refractivity contribution in [2.45, 2.75) is 13.1 Å². The smallest absolute Gasteiger partial charge is 0.253 e. The van der Waals surface area contributed by atoms with Gasteiger partial charge in [-0.15, -0.1) is 11.3 Å². The molecule has 0 saturated carbocycles. The Morgan fingerprint density at radius 3 is 2.44 bits per heavy atom. The Hall–Kier alpha value is -3.40. The molecule has 5 rings (SSSR count). The van der Waals surface area contributed by atoms with Gasteiger partial charge in [-0.25, -0.2) is 4.98 Å². The van der Waals surface area contributed by atoms with E-state index in [9.17, 15) is 4.79 Å². The van der Waals surface area contributed by atoms with Gasteiger partial charge in [0.05, 0.1) is 19.9 Å². The zero-order valence-electron chi connectivity index (χ0n) is 22.0. The average Bonchev–Trinajstić information content (AvgIpc) is 3.48. The maximum Gasteiger partial charge on any atom is 0.253 e. The van der Waals surface area contributed by atoms with Crippen molar-refractivity contribution in [1.82, 2.24) is 15.2 Å². The predicted octanol–water partition coefficient (Wildman–Crippen LogP) is 5.84. The van der Waals surface area contributed by atoms with Gasteiger partial charge >= 0.3 is 0 Å². The van der Waals surface area contributed by atoms with Crippen molar-refractivity contribution in [2.75, 3.05) is 45.3 Å². The molecule has 0 radical (unpaired) electrons. The van der Waals surface area contributed by atoms with Crippen LogP contribution in [-0.4, -0.2) is 56.2 Å². The van der Waals surface area contributed by atoms with Crippen molar-refractivity contribution in [3.8, 4) is 22.8 Å². The number of nitrogens with one attached hydrogen (secondary N) is 1. The van der Waals surface area contributed by atoms with E-state index in [4.69, 9.17) is 14.5 Å². The first-order valence-corrected chi connectivity index (χ1v) is 14.5. The predicted molar refractivity (Wildman–Crippen MR) is 160 cm³/mol. The number of anilines is 1. The van der Waals surface area contributed by atoms with Crippen LogP contribution in [0.4, 0.5) is 5.13 Å². The number of ether oxygens (including phenoxy) is 2.